The maximum Gasteiger partial charge on any atom is 0.214 e. The fraction of sp³-hybridized carbons (Fsp3) is 0.0588. The molecule has 2 aromatic carbocycles. The van der Waals surface area contributed by atoms with Crippen molar-refractivity contribution in [1.29, 1.82) is 0 Å². The first-order valence-corrected chi connectivity index (χ1v) is 8.90. The molecular formula is C17H13ClN6S. The molecule has 0 amide bonds. The van der Waals surface area contributed by atoms with E-state index in [1.54, 1.807) is 29.0 Å². The van der Waals surface area contributed by atoms with Crippen molar-refractivity contribution in [3.63, 3.8) is 0 Å². The summed E-state index contributed by atoms with van der Waals surface area (Å²) in [6.45, 7) is 0. The molecule has 0 saturated carbocycles. The van der Waals surface area contributed by atoms with Crippen LogP contribution in [0.15, 0.2) is 72.4 Å². The van der Waals surface area contributed by atoms with Crippen molar-refractivity contribution in [2.24, 2.45) is 0 Å². The summed E-state index contributed by atoms with van der Waals surface area (Å²) in [5.41, 5.74) is 3.16. The standard InChI is InChI=1S/C17H13ClN6S/c18-14-3-7-16(8-4-14)24-17(20-21-22-24)25-11-13-1-5-15(6-2-13)23-10-9-19-12-23/h1-10,12H,11H2. The largest absolute Gasteiger partial charge is 0.306 e. The fourth-order valence-corrected chi connectivity index (χ4v) is 3.31. The maximum absolute atomic E-state index is 5.93. The van der Waals surface area contributed by atoms with Gasteiger partial charge in [-0.05, 0) is 52.4 Å². The molecule has 0 N–H and O–H groups in total. The summed E-state index contributed by atoms with van der Waals surface area (Å²) in [5.74, 6) is 0.776. The average Bonchev–Trinajstić information content (AvgIpc) is 3.33. The summed E-state index contributed by atoms with van der Waals surface area (Å²) >= 11 is 7.52. The van der Waals surface area contributed by atoms with Crippen molar-refractivity contribution in [3.8, 4) is 11.4 Å². The minimum absolute atomic E-state index is 0.684. The molecule has 0 atom stereocenters. The van der Waals surface area contributed by atoms with Crippen molar-refractivity contribution in [2.45, 2.75) is 10.9 Å². The van der Waals surface area contributed by atoms with Crippen LogP contribution >= 0.6 is 23.4 Å². The van der Waals surface area contributed by atoms with E-state index in [-0.39, 0.29) is 0 Å². The highest BCUT2D eigenvalue weighted by Gasteiger charge is 2.09. The number of rotatable bonds is 5. The van der Waals surface area contributed by atoms with Gasteiger partial charge in [-0.15, -0.1) is 5.10 Å². The summed E-state index contributed by atoms with van der Waals surface area (Å²) in [4.78, 5) is 4.06. The maximum atomic E-state index is 5.93. The molecule has 124 valence electrons. The van der Waals surface area contributed by atoms with Gasteiger partial charge in [0.25, 0.3) is 0 Å². The molecule has 0 unspecified atom stereocenters. The molecule has 0 fully saturated rings. The zero-order valence-corrected chi connectivity index (χ0v) is 14.6. The second-order valence-electron chi connectivity index (χ2n) is 5.27. The van der Waals surface area contributed by atoms with Gasteiger partial charge in [-0.1, -0.05) is 35.5 Å². The van der Waals surface area contributed by atoms with Gasteiger partial charge in [-0.25, -0.2) is 4.98 Å². The Hall–Kier alpha value is -2.64. The first-order valence-electron chi connectivity index (χ1n) is 7.54. The Labute approximate surface area is 153 Å². The van der Waals surface area contributed by atoms with Gasteiger partial charge < -0.3 is 4.57 Å². The highest BCUT2D eigenvalue weighted by molar-refractivity contribution is 7.98. The van der Waals surface area contributed by atoms with Gasteiger partial charge in [0.1, 0.15) is 0 Å². The second kappa shape index (κ2) is 7.08. The van der Waals surface area contributed by atoms with Gasteiger partial charge in [-0.2, -0.15) is 4.68 Å². The molecule has 8 heteroatoms. The van der Waals surface area contributed by atoms with E-state index in [9.17, 15) is 0 Å². The first kappa shape index (κ1) is 15.9. The zero-order chi connectivity index (χ0) is 17.1. The van der Waals surface area contributed by atoms with Gasteiger partial charge in [0.05, 0.1) is 12.0 Å². The Balaban J connectivity index is 1.47. The monoisotopic (exact) mass is 368 g/mol. The van der Waals surface area contributed by atoms with E-state index in [0.717, 1.165) is 22.3 Å². The first-order chi connectivity index (χ1) is 12.3. The topological polar surface area (TPSA) is 61.4 Å². The van der Waals surface area contributed by atoms with E-state index in [4.69, 9.17) is 11.6 Å². The second-order valence-corrected chi connectivity index (χ2v) is 6.65. The van der Waals surface area contributed by atoms with Crippen molar-refractivity contribution < 1.29 is 0 Å². The van der Waals surface area contributed by atoms with Crippen LogP contribution < -0.4 is 0 Å². The van der Waals surface area contributed by atoms with Crippen LogP contribution in [0.3, 0.4) is 0 Å². The third-order valence-electron chi connectivity index (χ3n) is 3.62. The molecule has 0 aliphatic rings. The van der Waals surface area contributed by atoms with Gasteiger partial charge in [0.15, 0.2) is 0 Å². The lowest BCUT2D eigenvalue weighted by Gasteiger charge is -2.06. The predicted octanol–water partition coefficient (Wildman–Crippen LogP) is 3.79. The Morgan fingerprint density at radius 1 is 0.960 bits per heavy atom. The molecule has 2 heterocycles. The third-order valence-corrected chi connectivity index (χ3v) is 4.86. The van der Waals surface area contributed by atoms with Crippen LogP contribution in [0.25, 0.3) is 11.4 Å². The molecule has 0 aliphatic carbocycles. The Morgan fingerprint density at radius 3 is 2.44 bits per heavy atom. The third kappa shape index (κ3) is 3.57. The molecule has 6 nitrogen and oxygen atoms in total. The summed E-state index contributed by atoms with van der Waals surface area (Å²) < 4.78 is 3.68. The molecule has 0 radical (unpaired) electrons. The van der Waals surface area contributed by atoms with E-state index in [0.29, 0.717) is 5.02 Å². The fourth-order valence-electron chi connectivity index (χ4n) is 2.34. The number of tetrazole rings is 1. The van der Waals surface area contributed by atoms with Crippen molar-refractivity contribution in [1.82, 2.24) is 29.8 Å². The number of imidazole rings is 1. The highest BCUT2D eigenvalue weighted by atomic mass is 35.5. The summed E-state index contributed by atoms with van der Waals surface area (Å²) in [5, 5.41) is 13.4. The van der Waals surface area contributed by atoms with Gasteiger partial charge >= 0.3 is 0 Å². The minimum atomic E-state index is 0.684. The number of hydrogen-bond acceptors (Lipinski definition) is 5. The van der Waals surface area contributed by atoms with Crippen LogP contribution in [0, 0.1) is 0 Å². The van der Waals surface area contributed by atoms with Crippen LogP contribution in [0.2, 0.25) is 5.02 Å². The van der Waals surface area contributed by atoms with E-state index >= 15 is 0 Å². The molecule has 0 spiro atoms. The lowest BCUT2D eigenvalue weighted by Crippen LogP contribution is -1.98. The molecule has 0 saturated heterocycles. The van der Waals surface area contributed by atoms with E-state index in [1.807, 2.05) is 35.0 Å². The van der Waals surface area contributed by atoms with E-state index in [2.05, 4.69) is 44.8 Å². The SMILES string of the molecule is Clc1ccc(-n2nnnc2SCc2ccc(-n3ccnc3)cc2)cc1. The summed E-state index contributed by atoms with van der Waals surface area (Å²) in [6, 6.07) is 15.8. The smallest absolute Gasteiger partial charge is 0.214 e. The Kier molecular flexibility index (Phi) is 4.49. The average molecular weight is 369 g/mol. The number of thioether (sulfide) groups is 1. The molecule has 25 heavy (non-hydrogen) atoms. The number of benzene rings is 2. The van der Waals surface area contributed by atoms with Crippen LogP contribution in [0.5, 0.6) is 0 Å². The van der Waals surface area contributed by atoms with Crippen LogP contribution in [0.1, 0.15) is 5.56 Å². The Morgan fingerprint density at radius 2 is 1.72 bits per heavy atom. The van der Waals surface area contributed by atoms with Crippen LogP contribution in [-0.4, -0.2) is 29.8 Å². The number of hydrogen-bond donors (Lipinski definition) is 0. The van der Waals surface area contributed by atoms with Crippen molar-refractivity contribution >= 4 is 23.4 Å². The van der Waals surface area contributed by atoms with Gasteiger partial charge in [-0.3, -0.25) is 0 Å². The predicted molar refractivity (Wildman–Crippen MR) is 97.3 cm³/mol. The molecule has 4 rings (SSSR count). The lowest BCUT2D eigenvalue weighted by molar-refractivity contribution is 0.756. The lowest BCUT2D eigenvalue weighted by atomic mass is 10.2. The Bertz CT molecular complexity index is 948. The van der Waals surface area contributed by atoms with E-state index in [1.165, 1.54) is 5.56 Å². The minimum Gasteiger partial charge on any atom is -0.306 e. The quantitative estimate of drug-likeness (QED) is 0.501. The highest BCUT2D eigenvalue weighted by Crippen LogP contribution is 2.23. The molecular weight excluding hydrogens is 356 g/mol. The normalized spacial score (nSPS) is 10.9. The number of aromatic nitrogens is 6. The summed E-state index contributed by atoms with van der Waals surface area (Å²) in [7, 11) is 0. The van der Waals surface area contributed by atoms with Gasteiger partial charge in [0.2, 0.25) is 5.16 Å². The number of nitrogens with zero attached hydrogens (tertiary/aromatic N) is 6. The van der Waals surface area contributed by atoms with Crippen LogP contribution in [0.4, 0.5) is 0 Å². The van der Waals surface area contributed by atoms with Crippen LogP contribution in [-0.2, 0) is 5.75 Å². The molecule has 2 aromatic heterocycles. The van der Waals surface area contributed by atoms with Crippen molar-refractivity contribution in [2.75, 3.05) is 0 Å². The number of halogens is 1. The summed E-state index contributed by atoms with van der Waals surface area (Å²) in [6.07, 6.45) is 5.47. The van der Waals surface area contributed by atoms with E-state index < -0.39 is 0 Å². The van der Waals surface area contributed by atoms with Gasteiger partial charge in [0, 0.05) is 28.9 Å². The van der Waals surface area contributed by atoms with Crippen molar-refractivity contribution in [3.05, 3.63) is 77.8 Å². The molecule has 4 aromatic rings. The molecule has 0 aliphatic heterocycles. The zero-order valence-electron chi connectivity index (χ0n) is 13.0. The molecule has 0 bridgehead atoms.